The second kappa shape index (κ2) is 10.6. The highest BCUT2D eigenvalue weighted by Crippen LogP contribution is 2.08. The first-order chi connectivity index (χ1) is 8.97. The lowest BCUT2D eigenvalue weighted by Crippen LogP contribution is -2.45. The van der Waals surface area contributed by atoms with Crippen molar-refractivity contribution in [1.82, 2.24) is 10.6 Å². The lowest BCUT2D eigenvalue weighted by molar-refractivity contribution is -0.139. The Balaban J connectivity index is 3.51. The van der Waals surface area contributed by atoms with Crippen LogP contribution in [0, 0.1) is 5.92 Å². The third kappa shape index (κ3) is 10.4. The van der Waals surface area contributed by atoms with Crippen LogP contribution in [0.2, 0.25) is 0 Å². The molecule has 0 aliphatic heterocycles. The van der Waals surface area contributed by atoms with Gasteiger partial charge in [0.2, 0.25) is 0 Å². The zero-order valence-corrected chi connectivity index (χ0v) is 12.4. The molecule has 0 rings (SSSR count). The average Bonchev–Trinajstić information content (AvgIpc) is 2.34. The van der Waals surface area contributed by atoms with Crippen molar-refractivity contribution < 1.29 is 14.7 Å². The van der Waals surface area contributed by atoms with Crippen LogP contribution in [0.15, 0.2) is 0 Å². The van der Waals surface area contributed by atoms with Gasteiger partial charge in [0.15, 0.2) is 0 Å². The van der Waals surface area contributed by atoms with E-state index < -0.39 is 18.0 Å². The van der Waals surface area contributed by atoms with Gasteiger partial charge in [0, 0.05) is 6.54 Å². The first kappa shape index (κ1) is 17.7. The van der Waals surface area contributed by atoms with Crippen LogP contribution in [-0.2, 0) is 4.79 Å². The number of urea groups is 1. The Kier molecular flexibility index (Phi) is 9.94. The van der Waals surface area contributed by atoms with Crippen LogP contribution in [0.3, 0.4) is 0 Å². The Hall–Kier alpha value is -1.26. The summed E-state index contributed by atoms with van der Waals surface area (Å²) in [6.07, 6.45) is 6.11. The molecule has 0 saturated heterocycles. The Labute approximate surface area is 116 Å². The molecule has 0 aromatic carbocycles. The number of rotatable bonds is 10. The molecule has 2 amide bonds. The normalized spacial score (nSPS) is 12.2. The third-order valence-corrected chi connectivity index (χ3v) is 3.01. The molecule has 112 valence electrons. The fourth-order valence-electron chi connectivity index (χ4n) is 1.78. The van der Waals surface area contributed by atoms with E-state index in [1.54, 1.807) is 6.92 Å². The van der Waals surface area contributed by atoms with Crippen LogP contribution in [0.5, 0.6) is 0 Å². The van der Waals surface area contributed by atoms with Gasteiger partial charge in [-0.15, -0.1) is 0 Å². The van der Waals surface area contributed by atoms with Crippen LogP contribution in [0.1, 0.15) is 59.3 Å². The quantitative estimate of drug-likeness (QED) is 0.535. The molecule has 0 aromatic heterocycles. The van der Waals surface area contributed by atoms with Crippen LogP contribution >= 0.6 is 0 Å². The van der Waals surface area contributed by atoms with Gasteiger partial charge >= 0.3 is 12.0 Å². The molecule has 0 unspecified atom stereocenters. The van der Waals surface area contributed by atoms with Crippen molar-refractivity contribution in [2.24, 2.45) is 5.92 Å². The van der Waals surface area contributed by atoms with E-state index in [4.69, 9.17) is 5.11 Å². The summed E-state index contributed by atoms with van der Waals surface area (Å²) in [5.41, 5.74) is 0. The Morgan fingerprint density at radius 3 is 2.26 bits per heavy atom. The van der Waals surface area contributed by atoms with Gasteiger partial charge in [-0.2, -0.15) is 0 Å². The molecule has 0 saturated carbocycles. The highest BCUT2D eigenvalue weighted by atomic mass is 16.4. The van der Waals surface area contributed by atoms with Gasteiger partial charge in [-0.3, -0.25) is 0 Å². The summed E-state index contributed by atoms with van der Waals surface area (Å²) in [7, 11) is 0. The molecule has 0 spiro atoms. The number of aliphatic carboxylic acids is 1. The molecular weight excluding hydrogens is 244 g/mol. The lowest BCUT2D eigenvalue weighted by Gasteiger charge is -2.13. The van der Waals surface area contributed by atoms with Gasteiger partial charge in [-0.25, -0.2) is 9.59 Å². The lowest BCUT2D eigenvalue weighted by atomic mass is 10.0. The van der Waals surface area contributed by atoms with Crippen molar-refractivity contribution in [1.29, 1.82) is 0 Å². The highest BCUT2D eigenvalue weighted by molar-refractivity contribution is 5.82. The molecule has 0 aliphatic carbocycles. The van der Waals surface area contributed by atoms with Crippen LogP contribution < -0.4 is 10.6 Å². The molecule has 0 aliphatic rings. The van der Waals surface area contributed by atoms with Crippen molar-refractivity contribution in [3.05, 3.63) is 0 Å². The van der Waals surface area contributed by atoms with E-state index in [0.29, 0.717) is 13.0 Å². The first-order valence-electron chi connectivity index (χ1n) is 7.24. The van der Waals surface area contributed by atoms with Crippen LogP contribution in [-0.4, -0.2) is 29.7 Å². The summed E-state index contributed by atoms with van der Waals surface area (Å²) in [6, 6.07) is -1.19. The third-order valence-electron chi connectivity index (χ3n) is 3.01. The predicted molar refractivity (Wildman–Crippen MR) is 76.2 cm³/mol. The average molecular weight is 272 g/mol. The second-order valence-electron chi connectivity index (χ2n) is 5.30. The molecule has 0 radical (unpaired) electrons. The van der Waals surface area contributed by atoms with Crippen LogP contribution in [0.25, 0.3) is 0 Å². The molecule has 19 heavy (non-hydrogen) atoms. The zero-order chi connectivity index (χ0) is 14.7. The fraction of sp³-hybridized carbons (Fsp3) is 0.857. The molecule has 3 N–H and O–H groups in total. The first-order valence-corrected chi connectivity index (χ1v) is 7.24. The molecule has 5 heteroatoms. The summed E-state index contributed by atoms with van der Waals surface area (Å²) < 4.78 is 0. The number of unbranched alkanes of at least 4 members (excludes halogenated alkanes) is 3. The minimum absolute atomic E-state index is 0.387. The summed E-state index contributed by atoms with van der Waals surface area (Å²) >= 11 is 0. The minimum atomic E-state index is -0.994. The number of nitrogens with one attached hydrogen (secondary N) is 2. The largest absolute Gasteiger partial charge is 0.480 e. The second-order valence-corrected chi connectivity index (χ2v) is 5.30. The number of hydrogen-bond acceptors (Lipinski definition) is 2. The zero-order valence-electron chi connectivity index (χ0n) is 12.4. The topological polar surface area (TPSA) is 78.4 Å². The van der Waals surface area contributed by atoms with E-state index in [0.717, 1.165) is 18.8 Å². The number of amides is 2. The van der Waals surface area contributed by atoms with Crippen molar-refractivity contribution in [2.75, 3.05) is 6.54 Å². The van der Waals surface area contributed by atoms with Crippen LogP contribution in [0.4, 0.5) is 4.79 Å². The molecule has 0 heterocycles. The SMILES string of the molecule is CC[C@H](NC(=O)NCCCCCCC(C)C)C(=O)O. The van der Waals surface area contributed by atoms with Gasteiger partial charge in [0.05, 0.1) is 0 Å². The number of carbonyl (C=O) groups is 2. The van der Waals surface area contributed by atoms with Crippen molar-refractivity contribution in [3.8, 4) is 0 Å². The molecule has 5 nitrogen and oxygen atoms in total. The number of carbonyl (C=O) groups excluding carboxylic acids is 1. The van der Waals surface area contributed by atoms with E-state index in [-0.39, 0.29) is 0 Å². The molecule has 0 fully saturated rings. The summed E-state index contributed by atoms with van der Waals surface area (Å²) in [5, 5.41) is 13.9. The molecular formula is C14H28N2O3. The predicted octanol–water partition coefficient (Wildman–Crippen LogP) is 2.76. The van der Waals surface area contributed by atoms with E-state index in [9.17, 15) is 9.59 Å². The highest BCUT2D eigenvalue weighted by Gasteiger charge is 2.16. The van der Waals surface area contributed by atoms with Crippen molar-refractivity contribution in [2.45, 2.75) is 65.3 Å². The number of hydrogen-bond donors (Lipinski definition) is 3. The molecule has 1 atom stereocenters. The van der Waals surface area contributed by atoms with E-state index >= 15 is 0 Å². The van der Waals surface area contributed by atoms with Gasteiger partial charge in [0.25, 0.3) is 0 Å². The van der Waals surface area contributed by atoms with Gasteiger partial charge in [0.1, 0.15) is 6.04 Å². The van der Waals surface area contributed by atoms with E-state index in [1.807, 2.05) is 0 Å². The molecule has 0 bridgehead atoms. The summed E-state index contributed by atoms with van der Waals surface area (Å²) in [5.74, 6) is -0.239. The summed E-state index contributed by atoms with van der Waals surface area (Å²) in [6.45, 7) is 6.77. The minimum Gasteiger partial charge on any atom is -0.480 e. The Bertz CT molecular complexity index is 267. The smallest absolute Gasteiger partial charge is 0.326 e. The maximum absolute atomic E-state index is 11.4. The van der Waals surface area contributed by atoms with E-state index in [1.165, 1.54) is 19.3 Å². The van der Waals surface area contributed by atoms with E-state index in [2.05, 4.69) is 24.5 Å². The van der Waals surface area contributed by atoms with Gasteiger partial charge in [-0.1, -0.05) is 46.5 Å². The fourth-order valence-corrected chi connectivity index (χ4v) is 1.78. The standard InChI is InChI=1S/C14H28N2O3/c1-4-12(13(17)18)16-14(19)15-10-8-6-5-7-9-11(2)3/h11-12H,4-10H2,1-3H3,(H,17,18)(H2,15,16,19)/t12-/m0/s1. The maximum atomic E-state index is 11.4. The number of carboxylic acids is 1. The summed E-state index contributed by atoms with van der Waals surface area (Å²) in [4.78, 5) is 22.1. The monoisotopic (exact) mass is 272 g/mol. The van der Waals surface area contributed by atoms with Gasteiger partial charge in [-0.05, 0) is 18.8 Å². The van der Waals surface area contributed by atoms with Gasteiger partial charge < -0.3 is 15.7 Å². The van der Waals surface area contributed by atoms with Crippen molar-refractivity contribution >= 4 is 12.0 Å². The molecule has 0 aromatic rings. The van der Waals surface area contributed by atoms with Crippen molar-refractivity contribution in [3.63, 3.8) is 0 Å². The Morgan fingerprint density at radius 2 is 1.74 bits per heavy atom. The maximum Gasteiger partial charge on any atom is 0.326 e. The Morgan fingerprint density at radius 1 is 1.11 bits per heavy atom. The number of carboxylic acid groups (broad SMARTS) is 1.